The van der Waals surface area contributed by atoms with E-state index in [1.165, 1.54) is 4.88 Å². The first-order valence-electron chi connectivity index (χ1n) is 6.29. The highest BCUT2D eigenvalue weighted by molar-refractivity contribution is 7.09. The smallest absolute Gasteiger partial charge is 0.147 e. The standard InChI is InChI=1S/C14H18ClN3S/c1-3-16-8-11-7-13(15)14(17-9-11)18(2)10-12-5-4-6-19-12/h4-7,9,16H,3,8,10H2,1-2H3. The second-order valence-electron chi connectivity index (χ2n) is 4.36. The van der Waals surface area contributed by atoms with Crippen LogP contribution in [0.4, 0.5) is 5.82 Å². The Morgan fingerprint density at radius 3 is 2.95 bits per heavy atom. The maximum atomic E-state index is 6.31. The molecule has 5 heteroatoms. The van der Waals surface area contributed by atoms with Gasteiger partial charge in [-0.3, -0.25) is 0 Å². The van der Waals surface area contributed by atoms with Crippen LogP contribution in [0.15, 0.2) is 29.8 Å². The number of hydrogen-bond acceptors (Lipinski definition) is 4. The summed E-state index contributed by atoms with van der Waals surface area (Å²) in [6.07, 6.45) is 1.88. The lowest BCUT2D eigenvalue weighted by molar-refractivity contribution is 0.724. The molecule has 0 aromatic carbocycles. The lowest BCUT2D eigenvalue weighted by Gasteiger charge is -2.19. The van der Waals surface area contributed by atoms with E-state index in [4.69, 9.17) is 11.6 Å². The number of pyridine rings is 1. The van der Waals surface area contributed by atoms with Gasteiger partial charge in [0.1, 0.15) is 5.82 Å². The Morgan fingerprint density at radius 1 is 1.47 bits per heavy atom. The molecule has 2 aromatic heterocycles. The Bertz CT molecular complexity index is 513. The van der Waals surface area contributed by atoms with Crippen molar-refractivity contribution in [3.8, 4) is 0 Å². The minimum atomic E-state index is 0.703. The molecule has 3 nitrogen and oxygen atoms in total. The predicted octanol–water partition coefficient (Wildman–Crippen LogP) is 3.54. The molecule has 102 valence electrons. The van der Waals surface area contributed by atoms with Gasteiger partial charge < -0.3 is 10.2 Å². The first-order chi connectivity index (χ1) is 9.20. The van der Waals surface area contributed by atoms with Gasteiger partial charge in [-0.2, -0.15) is 0 Å². The van der Waals surface area contributed by atoms with Crippen LogP contribution in [0.25, 0.3) is 0 Å². The molecule has 0 fully saturated rings. The zero-order chi connectivity index (χ0) is 13.7. The number of nitrogens with zero attached hydrogens (tertiary/aromatic N) is 2. The molecule has 0 unspecified atom stereocenters. The number of anilines is 1. The monoisotopic (exact) mass is 295 g/mol. The van der Waals surface area contributed by atoms with Gasteiger partial charge in [0.15, 0.2) is 0 Å². The summed E-state index contributed by atoms with van der Waals surface area (Å²) in [5, 5.41) is 6.05. The van der Waals surface area contributed by atoms with Gasteiger partial charge >= 0.3 is 0 Å². The molecule has 0 aliphatic heterocycles. The van der Waals surface area contributed by atoms with Crippen LogP contribution in [0, 0.1) is 0 Å². The Morgan fingerprint density at radius 2 is 2.32 bits per heavy atom. The molecule has 0 aliphatic carbocycles. The molecule has 0 radical (unpaired) electrons. The van der Waals surface area contributed by atoms with Gasteiger partial charge in [-0.1, -0.05) is 24.6 Å². The summed E-state index contributed by atoms with van der Waals surface area (Å²) < 4.78 is 0. The Hall–Kier alpha value is -1.10. The molecule has 0 saturated carbocycles. The van der Waals surface area contributed by atoms with E-state index in [1.54, 1.807) is 11.3 Å². The summed E-state index contributed by atoms with van der Waals surface area (Å²) >= 11 is 8.06. The zero-order valence-electron chi connectivity index (χ0n) is 11.2. The van der Waals surface area contributed by atoms with Crippen molar-refractivity contribution in [3.05, 3.63) is 45.2 Å². The van der Waals surface area contributed by atoms with Gasteiger partial charge in [0, 0.05) is 24.7 Å². The van der Waals surface area contributed by atoms with Crippen LogP contribution in [0.1, 0.15) is 17.4 Å². The summed E-state index contributed by atoms with van der Waals surface area (Å²) in [4.78, 5) is 7.85. The maximum absolute atomic E-state index is 6.31. The van der Waals surface area contributed by atoms with Crippen molar-refractivity contribution < 1.29 is 0 Å². The molecule has 2 rings (SSSR count). The predicted molar refractivity (Wildman–Crippen MR) is 83.1 cm³/mol. The first-order valence-corrected chi connectivity index (χ1v) is 7.55. The third-order valence-electron chi connectivity index (χ3n) is 2.79. The quantitative estimate of drug-likeness (QED) is 0.883. The Kier molecular flexibility index (Phi) is 5.19. The van der Waals surface area contributed by atoms with Crippen molar-refractivity contribution in [1.29, 1.82) is 0 Å². The fraction of sp³-hybridized carbons (Fsp3) is 0.357. The van der Waals surface area contributed by atoms with E-state index >= 15 is 0 Å². The number of thiophene rings is 1. The molecule has 2 aromatic rings. The van der Waals surface area contributed by atoms with Crippen LogP contribution in [-0.4, -0.2) is 18.6 Å². The summed E-state index contributed by atoms with van der Waals surface area (Å²) in [5.74, 6) is 0.829. The summed E-state index contributed by atoms with van der Waals surface area (Å²) in [6.45, 7) is 4.66. The van der Waals surface area contributed by atoms with Crippen molar-refractivity contribution in [2.24, 2.45) is 0 Å². The topological polar surface area (TPSA) is 28.2 Å². The van der Waals surface area contributed by atoms with E-state index < -0.39 is 0 Å². The molecule has 0 amide bonds. The van der Waals surface area contributed by atoms with Crippen molar-refractivity contribution in [3.63, 3.8) is 0 Å². The van der Waals surface area contributed by atoms with Gasteiger partial charge in [0.2, 0.25) is 0 Å². The van der Waals surface area contributed by atoms with Crippen LogP contribution in [0.3, 0.4) is 0 Å². The number of nitrogens with one attached hydrogen (secondary N) is 1. The fourth-order valence-electron chi connectivity index (χ4n) is 1.83. The lowest BCUT2D eigenvalue weighted by atomic mass is 10.2. The van der Waals surface area contributed by atoms with Gasteiger partial charge in [-0.05, 0) is 29.6 Å². The number of hydrogen-bond donors (Lipinski definition) is 1. The SMILES string of the molecule is CCNCc1cnc(N(C)Cc2cccs2)c(Cl)c1. The normalized spacial score (nSPS) is 10.7. The second-order valence-corrected chi connectivity index (χ2v) is 5.80. The van der Waals surface area contributed by atoms with E-state index in [-0.39, 0.29) is 0 Å². The number of aromatic nitrogens is 1. The van der Waals surface area contributed by atoms with Crippen molar-refractivity contribution in [2.75, 3.05) is 18.5 Å². The van der Waals surface area contributed by atoms with E-state index in [9.17, 15) is 0 Å². The van der Waals surface area contributed by atoms with Gasteiger partial charge in [0.25, 0.3) is 0 Å². The van der Waals surface area contributed by atoms with E-state index in [0.29, 0.717) is 5.02 Å². The molecule has 1 N–H and O–H groups in total. The molecule has 0 bridgehead atoms. The molecule has 0 spiro atoms. The molecule has 0 atom stereocenters. The van der Waals surface area contributed by atoms with Crippen molar-refractivity contribution in [2.45, 2.75) is 20.0 Å². The molecule has 0 saturated heterocycles. The average Bonchev–Trinajstić information content (AvgIpc) is 2.89. The van der Waals surface area contributed by atoms with Crippen molar-refractivity contribution >= 4 is 28.8 Å². The Labute approximate surface area is 123 Å². The van der Waals surface area contributed by atoms with Crippen LogP contribution in [-0.2, 0) is 13.1 Å². The number of rotatable bonds is 6. The summed E-state index contributed by atoms with van der Waals surface area (Å²) in [6, 6.07) is 6.16. The highest BCUT2D eigenvalue weighted by atomic mass is 35.5. The first kappa shape index (κ1) is 14.3. The fourth-order valence-corrected chi connectivity index (χ4v) is 2.92. The van der Waals surface area contributed by atoms with Crippen LogP contribution < -0.4 is 10.2 Å². The van der Waals surface area contributed by atoms with Gasteiger partial charge in [0.05, 0.1) is 11.6 Å². The van der Waals surface area contributed by atoms with Crippen LogP contribution in [0.2, 0.25) is 5.02 Å². The second kappa shape index (κ2) is 6.89. The molecule has 0 aliphatic rings. The molecular formula is C14H18ClN3S. The minimum Gasteiger partial charge on any atom is -0.353 e. The van der Waals surface area contributed by atoms with E-state index in [0.717, 1.165) is 31.0 Å². The largest absolute Gasteiger partial charge is 0.353 e. The molecule has 2 heterocycles. The van der Waals surface area contributed by atoms with Crippen LogP contribution in [0.5, 0.6) is 0 Å². The third kappa shape index (κ3) is 3.93. The van der Waals surface area contributed by atoms with Crippen molar-refractivity contribution in [1.82, 2.24) is 10.3 Å². The van der Waals surface area contributed by atoms with Gasteiger partial charge in [-0.25, -0.2) is 4.98 Å². The Balaban J connectivity index is 2.07. The van der Waals surface area contributed by atoms with Gasteiger partial charge in [-0.15, -0.1) is 11.3 Å². The zero-order valence-corrected chi connectivity index (χ0v) is 12.8. The maximum Gasteiger partial charge on any atom is 0.147 e. The number of halogens is 1. The highest BCUT2D eigenvalue weighted by Crippen LogP contribution is 2.25. The van der Waals surface area contributed by atoms with E-state index in [1.807, 2.05) is 19.3 Å². The average molecular weight is 296 g/mol. The summed E-state index contributed by atoms with van der Waals surface area (Å²) in [7, 11) is 2.01. The minimum absolute atomic E-state index is 0.703. The lowest BCUT2D eigenvalue weighted by Crippen LogP contribution is -2.18. The molecule has 19 heavy (non-hydrogen) atoms. The van der Waals surface area contributed by atoms with Crippen LogP contribution >= 0.6 is 22.9 Å². The summed E-state index contributed by atoms with van der Waals surface area (Å²) in [5.41, 5.74) is 1.11. The highest BCUT2D eigenvalue weighted by Gasteiger charge is 2.09. The van der Waals surface area contributed by atoms with E-state index in [2.05, 4.69) is 39.6 Å². The molecular weight excluding hydrogens is 278 g/mol. The third-order valence-corrected chi connectivity index (χ3v) is 3.93.